The lowest BCUT2D eigenvalue weighted by Crippen LogP contribution is -2.49. The Morgan fingerprint density at radius 3 is 2.80 bits per heavy atom. The first-order valence-corrected chi connectivity index (χ1v) is 9.58. The van der Waals surface area contributed by atoms with Crippen LogP contribution in [-0.2, 0) is 0 Å². The summed E-state index contributed by atoms with van der Waals surface area (Å²) in [6.07, 6.45) is 5.31. The molecule has 3 unspecified atom stereocenters. The first-order chi connectivity index (χ1) is 14.5. The van der Waals surface area contributed by atoms with Gasteiger partial charge in [-0.1, -0.05) is 6.07 Å². The highest BCUT2D eigenvalue weighted by atomic mass is 19.1. The van der Waals surface area contributed by atoms with Crippen molar-refractivity contribution < 1.29 is 9.18 Å². The van der Waals surface area contributed by atoms with Gasteiger partial charge in [-0.3, -0.25) is 4.79 Å². The van der Waals surface area contributed by atoms with Crippen molar-refractivity contribution in [3.05, 3.63) is 48.4 Å². The molecule has 0 bridgehead atoms. The van der Waals surface area contributed by atoms with E-state index in [9.17, 15) is 9.18 Å². The van der Waals surface area contributed by atoms with E-state index in [1.165, 1.54) is 11.0 Å². The van der Waals surface area contributed by atoms with Crippen LogP contribution in [0, 0.1) is 0 Å². The number of alkyl halides is 1. The second-order valence-corrected chi connectivity index (χ2v) is 7.09. The predicted octanol–water partition coefficient (Wildman–Crippen LogP) is 1.53. The number of benzene rings is 1. The fraction of sp³-hybridized carbons (Fsp3) is 0.316. The highest BCUT2D eigenvalue weighted by Gasteiger charge is 2.31. The van der Waals surface area contributed by atoms with Crippen molar-refractivity contribution in [2.75, 3.05) is 10.6 Å². The van der Waals surface area contributed by atoms with Gasteiger partial charge >= 0.3 is 0 Å². The van der Waals surface area contributed by atoms with E-state index in [1.54, 1.807) is 24.5 Å². The van der Waals surface area contributed by atoms with Gasteiger partial charge in [0.1, 0.15) is 17.6 Å². The Hall–Kier alpha value is -3.60. The number of carbonyl (C=O) groups excluding carboxylic acids is 1. The molecule has 0 spiro atoms. The minimum absolute atomic E-state index is 0.125. The molecular formula is C19H22FN9O. The van der Waals surface area contributed by atoms with Gasteiger partial charge in [0.25, 0.3) is 5.91 Å². The van der Waals surface area contributed by atoms with Gasteiger partial charge in [0.05, 0.1) is 24.1 Å². The Bertz CT molecular complexity index is 1030. The zero-order valence-corrected chi connectivity index (χ0v) is 16.1. The summed E-state index contributed by atoms with van der Waals surface area (Å²) in [6.45, 7) is 0. The zero-order valence-electron chi connectivity index (χ0n) is 16.1. The van der Waals surface area contributed by atoms with Crippen LogP contribution in [0.5, 0.6) is 0 Å². The Morgan fingerprint density at radius 2 is 2.03 bits per heavy atom. The van der Waals surface area contributed by atoms with E-state index in [0.29, 0.717) is 18.5 Å². The zero-order chi connectivity index (χ0) is 21.1. The summed E-state index contributed by atoms with van der Waals surface area (Å²) in [4.78, 5) is 21.8. The third-order valence-electron chi connectivity index (χ3n) is 5.00. The van der Waals surface area contributed by atoms with Gasteiger partial charge < -0.3 is 22.1 Å². The van der Waals surface area contributed by atoms with Gasteiger partial charge in [-0.2, -0.15) is 20.0 Å². The van der Waals surface area contributed by atoms with Crippen molar-refractivity contribution in [1.82, 2.24) is 25.0 Å². The molecule has 1 fully saturated rings. The van der Waals surface area contributed by atoms with Crippen LogP contribution in [0.4, 0.5) is 21.8 Å². The second-order valence-electron chi connectivity index (χ2n) is 7.09. The summed E-state index contributed by atoms with van der Waals surface area (Å²) in [5.74, 6) is -0.208. The number of hydrogen-bond acceptors (Lipinski definition) is 8. The maximum absolute atomic E-state index is 13.9. The summed E-state index contributed by atoms with van der Waals surface area (Å²) in [5.41, 5.74) is 12.9. The summed E-state index contributed by atoms with van der Waals surface area (Å²) in [6, 6.07) is 6.31. The Balaban J connectivity index is 1.59. The average Bonchev–Trinajstić information content (AvgIpc) is 3.27. The van der Waals surface area contributed by atoms with E-state index < -0.39 is 18.1 Å². The van der Waals surface area contributed by atoms with Crippen LogP contribution in [0.25, 0.3) is 5.69 Å². The summed E-state index contributed by atoms with van der Waals surface area (Å²) < 4.78 is 13.9. The lowest BCUT2D eigenvalue weighted by molar-refractivity contribution is 0.100. The first kappa shape index (κ1) is 19.7. The van der Waals surface area contributed by atoms with Crippen LogP contribution in [-0.4, -0.2) is 49.1 Å². The fourth-order valence-corrected chi connectivity index (χ4v) is 3.42. The van der Waals surface area contributed by atoms with E-state index in [0.717, 1.165) is 12.1 Å². The number of nitrogens with one attached hydrogen (secondary N) is 2. The molecule has 0 saturated heterocycles. The first-order valence-electron chi connectivity index (χ1n) is 9.58. The Kier molecular flexibility index (Phi) is 5.53. The molecule has 0 aliphatic heterocycles. The van der Waals surface area contributed by atoms with Gasteiger partial charge in [0.2, 0.25) is 5.95 Å². The third-order valence-corrected chi connectivity index (χ3v) is 5.00. The molecule has 1 aliphatic carbocycles. The van der Waals surface area contributed by atoms with Crippen molar-refractivity contribution in [2.45, 2.75) is 37.5 Å². The number of hydrogen-bond donors (Lipinski definition) is 4. The molecule has 1 aromatic carbocycles. The van der Waals surface area contributed by atoms with Gasteiger partial charge in [-0.05, 0) is 37.5 Å². The summed E-state index contributed by atoms with van der Waals surface area (Å²) in [5, 5.41) is 14.4. The SMILES string of the molecule is NC(=O)c1cnc(NC2CCCC(F)C2N)nc1Nc1cccc(-n2nccn2)c1. The molecule has 11 heteroatoms. The molecule has 6 N–H and O–H groups in total. The highest BCUT2D eigenvalue weighted by molar-refractivity contribution is 5.98. The molecule has 1 amide bonds. The van der Waals surface area contributed by atoms with E-state index >= 15 is 0 Å². The molecule has 3 aromatic rings. The standard InChI is InChI=1S/C19H22FN9O/c20-14-5-2-6-15(16(14)21)27-19-23-10-13(17(22)30)18(28-19)26-11-3-1-4-12(9-11)29-24-7-8-25-29/h1,3-4,7-10,14-16H,2,5-6,21H2,(H2,22,30)(H2,23,26,27,28). The molecule has 10 nitrogen and oxygen atoms in total. The number of primary amides is 1. The minimum atomic E-state index is -1.07. The normalized spacial score (nSPS) is 21.2. The predicted molar refractivity (Wildman–Crippen MR) is 109 cm³/mol. The molecule has 4 rings (SSSR count). The molecule has 1 saturated carbocycles. The number of aromatic nitrogens is 5. The summed E-state index contributed by atoms with van der Waals surface area (Å²) >= 11 is 0. The molecule has 30 heavy (non-hydrogen) atoms. The molecule has 2 aromatic heterocycles. The maximum Gasteiger partial charge on any atom is 0.254 e. The second kappa shape index (κ2) is 8.41. The van der Waals surface area contributed by atoms with E-state index in [1.807, 2.05) is 12.1 Å². The molecule has 1 aliphatic rings. The van der Waals surface area contributed by atoms with Crippen molar-refractivity contribution in [1.29, 1.82) is 0 Å². The lowest BCUT2D eigenvalue weighted by atomic mass is 9.89. The number of nitrogens with zero attached hydrogens (tertiary/aromatic N) is 5. The largest absolute Gasteiger partial charge is 0.365 e. The van der Waals surface area contributed by atoms with Crippen LogP contribution >= 0.6 is 0 Å². The van der Waals surface area contributed by atoms with Gasteiger partial charge in [0, 0.05) is 17.9 Å². The Morgan fingerprint density at radius 1 is 1.23 bits per heavy atom. The smallest absolute Gasteiger partial charge is 0.254 e. The number of nitrogens with two attached hydrogens (primary N) is 2. The quantitative estimate of drug-likeness (QED) is 0.477. The average molecular weight is 411 g/mol. The number of amides is 1. The lowest BCUT2D eigenvalue weighted by Gasteiger charge is -2.32. The van der Waals surface area contributed by atoms with Crippen molar-refractivity contribution >= 4 is 23.4 Å². The maximum atomic E-state index is 13.9. The molecule has 2 heterocycles. The van der Waals surface area contributed by atoms with Crippen LogP contribution < -0.4 is 22.1 Å². The van der Waals surface area contributed by atoms with Crippen LogP contribution in [0.15, 0.2) is 42.9 Å². The topological polar surface area (TPSA) is 150 Å². The van der Waals surface area contributed by atoms with Gasteiger partial charge in [-0.15, -0.1) is 0 Å². The monoisotopic (exact) mass is 411 g/mol. The fourth-order valence-electron chi connectivity index (χ4n) is 3.42. The van der Waals surface area contributed by atoms with Crippen molar-refractivity contribution in [2.24, 2.45) is 11.5 Å². The van der Waals surface area contributed by atoms with Crippen LogP contribution in [0.1, 0.15) is 29.6 Å². The number of carbonyl (C=O) groups is 1. The highest BCUT2D eigenvalue weighted by Crippen LogP contribution is 2.25. The third kappa shape index (κ3) is 4.20. The number of rotatable bonds is 6. The van der Waals surface area contributed by atoms with E-state index in [4.69, 9.17) is 11.5 Å². The molecule has 3 atom stereocenters. The molecule has 156 valence electrons. The molecular weight excluding hydrogens is 389 g/mol. The van der Waals surface area contributed by atoms with Gasteiger partial charge in [0.15, 0.2) is 0 Å². The van der Waals surface area contributed by atoms with Crippen molar-refractivity contribution in [3.63, 3.8) is 0 Å². The van der Waals surface area contributed by atoms with Crippen molar-refractivity contribution in [3.8, 4) is 5.69 Å². The number of anilines is 3. The Labute approximate surface area is 171 Å². The van der Waals surface area contributed by atoms with Crippen LogP contribution in [0.2, 0.25) is 0 Å². The number of halogens is 1. The molecule has 0 radical (unpaired) electrons. The van der Waals surface area contributed by atoms with Crippen LogP contribution in [0.3, 0.4) is 0 Å². The van der Waals surface area contributed by atoms with E-state index in [-0.39, 0.29) is 23.4 Å². The van der Waals surface area contributed by atoms with E-state index in [2.05, 4.69) is 30.8 Å². The van der Waals surface area contributed by atoms with Gasteiger partial charge in [-0.25, -0.2) is 9.37 Å². The summed E-state index contributed by atoms with van der Waals surface area (Å²) in [7, 11) is 0. The minimum Gasteiger partial charge on any atom is -0.365 e.